The van der Waals surface area contributed by atoms with Crippen molar-refractivity contribution in [1.29, 1.82) is 0 Å². The first-order valence-corrected chi connectivity index (χ1v) is 8.34. The van der Waals surface area contributed by atoms with Crippen LogP contribution < -0.4 is 15.5 Å². The molecule has 1 aromatic carbocycles. The number of pyridine rings is 1. The van der Waals surface area contributed by atoms with E-state index in [9.17, 15) is 4.79 Å². The normalized spacial score (nSPS) is 12.7. The lowest BCUT2D eigenvalue weighted by Crippen LogP contribution is -2.38. The first kappa shape index (κ1) is 14.8. The minimum atomic E-state index is -0.156. The molecule has 2 heterocycles. The number of aromatic nitrogens is 1. The first-order valence-electron chi connectivity index (χ1n) is 7.22. The van der Waals surface area contributed by atoms with Crippen molar-refractivity contribution < 1.29 is 4.79 Å². The van der Waals surface area contributed by atoms with Crippen LogP contribution in [0.1, 0.15) is 12.0 Å². The zero-order chi connectivity index (χ0) is 15.4. The van der Waals surface area contributed by atoms with Crippen LogP contribution >= 0.6 is 15.9 Å². The zero-order valence-corrected chi connectivity index (χ0v) is 13.6. The van der Waals surface area contributed by atoms with E-state index in [0.29, 0.717) is 18.9 Å². The van der Waals surface area contributed by atoms with Crippen LogP contribution in [0.25, 0.3) is 0 Å². The molecule has 0 saturated carbocycles. The summed E-state index contributed by atoms with van der Waals surface area (Å²) < 4.78 is 0. The summed E-state index contributed by atoms with van der Waals surface area (Å²) in [4.78, 5) is 18.7. The van der Waals surface area contributed by atoms with E-state index in [1.54, 1.807) is 11.1 Å². The third kappa shape index (κ3) is 2.92. The fraction of sp³-hybridized carbons (Fsp3) is 0.250. The Morgan fingerprint density at radius 3 is 3.05 bits per heavy atom. The number of benzene rings is 1. The molecule has 0 spiro atoms. The number of anilines is 3. The molecule has 0 aliphatic carbocycles. The summed E-state index contributed by atoms with van der Waals surface area (Å²) in [6.45, 7) is 1.29. The Morgan fingerprint density at radius 2 is 2.18 bits per heavy atom. The van der Waals surface area contributed by atoms with Gasteiger partial charge in [0.05, 0.1) is 11.4 Å². The zero-order valence-electron chi connectivity index (χ0n) is 12.1. The van der Waals surface area contributed by atoms with Gasteiger partial charge in [-0.25, -0.2) is 14.7 Å². The van der Waals surface area contributed by atoms with Crippen molar-refractivity contribution in [2.75, 3.05) is 22.1 Å². The van der Waals surface area contributed by atoms with E-state index in [0.717, 1.165) is 28.7 Å². The van der Waals surface area contributed by atoms with E-state index in [-0.39, 0.29) is 6.03 Å². The fourth-order valence-electron chi connectivity index (χ4n) is 2.44. The highest BCUT2D eigenvalue weighted by molar-refractivity contribution is 9.09. The van der Waals surface area contributed by atoms with Crippen molar-refractivity contribution >= 4 is 39.2 Å². The molecule has 0 bridgehead atoms. The van der Waals surface area contributed by atoms with E-state index in [2.05, 4.69) is 31.5 Å². The van der Waals surface area contributed by atoms with Crippen molar-refractivity contribution in [3.63, 3.8) is 0 Å². The standard InChI is InChI=1S/C16H17BrN4O/c17-8-4-10-19-16(22)21-14-7-2-1-5-12(14)11-20-13-6-3-9-18-15(13)21/h1-3,5-7,9,20H,4,8,10-11H2,(H,19,22). The monoisotopic (exact) mass is 360 g/mol. The number of nitrogens with one attached hydrogen (secondary N) is 2. The van der Waals surface area contributed by atoms with Crippen LogP contribution in [-0.2, 0) is 6.54 Å². The Balaban J connectivity index is 2.00. The maximum Gasteiger partial charge on any atom is 0.327 e. The smallest absolute Gasteiger partial charge is 0.327 e. The maximum atomic E-state index is 12.7. The fourth-order valence-corrected chi connectivity index (χ4v) is 2.72. The highest BCUT2D eigenvalue weighted by atomic mass is 79.9. The van der Waals surface area contributed by atoms with Gasteiger partial charge in [-0.3, -0.25) is 0 Å². The van der Waals surface area contributed by atoms with Gasteiger partial charge in [0.15, 0.2) is 5.82 Å². The quantitative estimate of drug-likeness (QED) is 0.648. The number of fused-ring (bicyclic) bond motifs is 2. The third-order valence-corrected chi connectivity index (χ3v) is 4.05. The van der Waals surface area contributed by atoms with Crippen LogP contribution in [0.4, 0.5) is 22.0 Å². The average Bonchev–Trinajstić information content (AvgIpc) is 2.72. The van der Waals surface area contributed by atoms with Crippen molar-refractivity contribution in [1.82, 2.24) is 10.3 Å². The molecule has 3 rings (SSSR count). The molecule has 2 N–H and O–H groups in total. The summed E-state index contributed by atoms with van der Waals surface area (Å²) in [5, 5.41) is 7.16. The summed E-state index contributed by atoms with van der Waals surface area (Å²) in [6, 6.07) is 11.5. The molecule has 22 heavy (non-hydrogen) atoms. The van der Waals surface area contributed by atoms with Crippen molar-refractivity contribution in [3.05, 3.63) is 48.2 Å². The number of carbonyl (C=O) groups is 1. The van der Waals surface area contributed by atoms with Gasteiger partial charge in [0.25, 0.3) is 0 Å². The second-order valence-electron chi connectivity index (χ2n) is 4.97. The van der Waals surface area contributed by atoms with E-state index in [4.69, 9.17) is 0 Å². The van der Waals surface area contributed by atoms with Crippen LogP contribution in [-0.4, -0.2) is 22.9 Å². The lowest BCUT2D eigenvalue weighted by atomic mass is 10.1. The number of halogens is 1. The minimum Gasteiger partial charge on any atom is -0.378 e. The van der Waals surface area contributed by atoms with Gasteiger partial charge in [-0.2, -0.15) is 0 Å². The molecule has 0 saturated heterocycles. The molecular weight excluding hydrogens is 344 g/mol. The number of nitrogens with zero attached hydrogens (tertiary/aromatic N) is 2. The number of alkyl halides is 1. The lowest BCUT2D eigenvalue weighted by Gasteiger charge is -2.23. The molecule has 5 nitrogen and oxygen atoms in total. The van der Waals surface area contributed by atoms with Gasteiger partial charge in [-0.05, 0) is 30.2 Å². The highest BCUT2D eigenvalue weighted by Crippen LogP contribution is 2.35. The second-order valence-corrected chi connectivity index (χ2v) is 5.76. The highest BCUT2D eigenvalue weighted by Gasteiger charge is 2.26. The molecule has 1 aromatic heterocycles. The largest absolute Gasteiger partial charge is 0.378 e. The Kier molecular flexibility index (Phi) is 4.58. The topological polar surface area (TPSA) is 57.3 Å². The number of para-hydroxylation sites is 1. The molecule has 2 aromatic rings. The number of rotatable bonds is 3. The molecular formula is C16H17BrN4O. The molecule has 2 amide bonds. The summed E-state index contributed by atoms with van der Waals surface area (Å²) in [5.74, 6) is 0.629. The van der Waals surface area contributed by atoms with Gasteiger partial charge in [0.1, 0.15) is 0 Å². The van der Waals surface area contributed by atoms with Gasteiger partial charge in [-0.15, -0.1) is 0 Å². The summed E-state index contributed by atoms with van der Waals surface area (Å²) in [7, 11) is 0. The molecule has 0 unspecified atom stereocenters. The molecule has 0 atom stereocenters. The van der Waals surface area contributed by atoms with Crippen LogP contribution in [0, 0.1) is 0 Å². The van der Waals surface area contributed by atoms with Crippen LogP contribution in [0.2, 0.25) is 0 Å². The summed E-state index contributed by atoms with van der Waals surface area (Å²) in [6.07, 6.45) is 2.59. The van der Waals surface area contributed by atoms with Crippen LogP contribution in [0.3, 0.4) is 0 Å². The van der Waals surface area contributed by atoms with E-state index < -0.39 is 0 Å². The molecule has 6 heteroatoms. The van der Waals surface area contributed by atoms with Crippen molar-refractivity contribution in [2.45, 2.75) is 13.0 Å². The molecule has 1 aliphatic heterocycles. The molecule has 114 valence electrons. The Hall–Kier alpha value is -2.08. The van der Waals surface area contributed by atoms with Crippen molar-refractivity contribution in [3.8, 4) is 0 Å². The van der Waals surface area contributed by atoms with Crippen molar-refractivity contribution in [2.24, 2.45) is 0 Å². The Labute approximate surface area is 137 Å². The second kappa shape index (κ2) is 6.79. The van der Waals surface area contributed by atoms with Gasteiger partial charge in [-0.1, -0.05) is 34.1 Å². The Morgan fingerprint density at radius 1 is 1.32 bits per heavy atom. The Bertz CT molecular complexity index is 629. The van der Waals surface area contributed by atoms with Crippen LogP contribution in [0.15, 0.2) is 42.6 Å². The number of hydrogen-bond acceptors (Lipinski definition) is 3. The number of hydrogen-bond donors (Lipinski definition) is 2. The number of amides is 2. The molecule has 1 aliphatic rings. The predicted octanol–water partition coefficient (Wildman–Crippen LogP) is 3.64. The van der Waals surface area contributed by atoms with Gasteiger partial charge >= 0.3 is 6.03 Å². The van der Waals surface area contributed by atoms with Crippen LogP contribution in [0.5, 0.6) is 0 Å². The summed E-state index contributed by atoms with van der Waals surface area (Å²) >= 11 is 3.37. The van der Waals surface area contributed by atoms with Gasteiger partial charge < -0.3 is 10.6 Å². The first-order chi connectivity index (χ1) is 10.8. The predicted molar refractivity (Wildman–Crippen MR) is 92.0 cm³/mol. The lowest BCUT2D eigenvalue weighted by molar-refractivity contribution is 0.248. The number of urea groups is 1. The van der Waals surface area contributed by atoms with Gasteiger partial charge in [0.2, 0.25) is 0 Å². The molecule has 0 radical (unpaired) electrons. The SMILES string of the molecule is O=C(NCCCBr)N1c2ccccc2CNc2cccnc21. The van der Waals surface area contributed by atoms with Gasteiger partial charge in [0, 0.05) is 24.6 Å². The summed E-state index contributed by atoms with van der Waals surface area (Å²) in [5.41, 5.74) is 2.79. The van der Waals surface area contributed by atoms with E-state index >= 15 is 0 Å². The molecule has 0 fully saturated rings. The van der Waals surface area contributed by atoms with E-state index in [1.165, 1.54) is 0 Å². The minimum absolute atomic E-state index is 0.156. The maximum absolute atomic E-state index is 12.7. The van der Waals surface area contributed by atoms with E-state index in [1.807, 2.05) is 36.4 Å². The third-order valence-electron chi connectivity index (χ3n) is 3.49. The average molecular weight is 361 g/mol. The number of carbonyl (C=O) groups excluding carboxylic acids is 1.